The molecule has 2 amide bonds. The Kier molecular flexibility index (Phi) is 18.3. The van der Waals surface area contributed by atoms with Gasteiger partial charge >= 0.3 is 5.97 Å². The molecule has 7 heteroatoms. The summed E-state index contributed by atoms with van der Waals surface area (Å²) in [6, 6.07) is 7.28. The number of nitrogens with one attached hydrogen (secondary N) is 2. The van der Waals surface area contributed by atoms with Crippen molar-refractivity contribution in [1.29, 1.82) is 0 Å². The Morgan fingerprint density at radius 3 is 1.80 bits per heavy atom. The zero-order chi connectivity index (χ0) is 25.6. The van der Waals surface area contributed by atoms with Crippen molar-refractivity contribution in [2.75, 3.05) is 11.9 Å². The Bertz CT molecular complexity index is 706. The molecule has 1 rings (SSSR count). The number of amides is 2. The molecule has 0 spiro atoms. The normalized spacial score (nSPS) is 10.7. The van der Waals surface area contributed by atoms with Crippen LogP contribution in [0.4, 0.5) is 5.69 Å². The molecule has 0 heterocycles. The minimum absolute atomic E-state index is 0.0539. The van der Waals surface area contributed by atoms with Crippen LogP contribution in [-0.4, -0.2) is 29.6 Å². The fourth-order valence-electron chi connectivity index (χ4n) is 3.90. The predicted octanol–water partition coefficient (Wildman–Crippen LogP) is 6.48. The highest BCUT2D eigenvalue weighted by molar-refractivity contribution is 5.90. The largest absolute Gasteiger partial charge is 0.465 e. The lowest BCUT2D eigenvalue weighted by Gasteiger charge is -2.08. The minimum Gasteiger partial charge on any atom is -0.465 e. The molecule has 7 nitrogen and oxygen atoms in total. The number of carbonyl (C=O) groups is 3. The van der Waals surface area contributed by atoms with Crippen LogP contribution in [0.25, 0.3) is 0 Å². The van der Waals surface area contributed by atoms with Gasteiger partial charge in [-0.3, -0.25) is 19.6 Å². The number of rotatable bonds is 21. The maximum absolute atomic E-state index is 12.1. The summed E-state index contributed by atoms with van der Waals surface area (Å²) in [5.74, 6) is -0.649. The zero-order valence-corrected chi connectivity index (χ0v) is 21.6. The lowest BCUT2D eigenvalue weighted by molar-refractivity contribution is -0.143. The molecule has 0 radical (unpaired) electrons. The molecule has 0 aliphatic rings. The van der Waals surface area contributed by atoms with Crippen LogP contribution in [0.2, 0.25) is 0 Å². The van der Waals surface area contributed by atoms with Gasteiger partial charge in [-0.25, -0.2) is 5.48 Å². The number of hydrogen-bond donors (Lipinski definition) is 3. The summed E-state index contributed by atoms with van der Waals surface area (Å²) < 4.78 is 5.36. The highest BCUT2D eigenvalue weighted by Crippen LogP contribution is 2.13. The van der Waals surface area contributed by atoms with E-state index in [1.165, 1.54) is 51.4 Å². The van der Waals surface area contributed by atoms with E-state index in [2.05, 4.69) is 12.2 Å². The van der Waals surface area contributed by atoms with E-state index in [1.807, 2.05) is 12.1 Å². The van der Waals surface area contributed by atoms with Gasteiger partial charge < -0.3 is 10.1 Å². The predicted molar refractivity (Wildman–Crippen MR) is 139 cm³/mol. The number of ether oxygens (including phenoxy) is 1. The van der Waals surface area contributed by atoms with Crippen molar-refractivity contribution in [1.82, 2.24) is 5.48 Å². The second kappa shape index (κ2) is 20.9. The van der Waals surface area contributed by atoms with Crippen molar-refractivity contribution in [2.24, 2.45) is 0 Å². The molecule has 0 saturated carbocycles. The van der Waals surface area contributed by atoms with E-state index < -0.39 is 0 Å². The van der Waals surface area contributed by atoms with Crippen LogP contribution in [0.5, 0.6) is 0 Å². The maximum atomic E-state index is 12.1. The summed E-state index contributed by atoms with van der Waals surface area (Å²) in [5.41, 5.74) is 3.18. The topological polar surface area (TPSA) is 105 Å². The van der Waals surface area contributed by atoms with Gasteiger partial charge in [-0.2, -0.15) is 0 Å². The van der Waals surface area contributed by atoms with Crippen molar-refractivity contribution in [3.05, 3.63) is 29.8 Å². The van der Waals surface area contributed by atoms with Crippen LogP contribution < -0.4 is 10.8 Å². The van der Waals surface area contributed by atoms with Crippen molar-refractivity contribution in [3.63, 3.8) is 0 Å². The van der Waals surface area contributed by atoms with Crippen molar-refractivity contribution >= 4 is 23.5 Å². The van der Waals surface area contributed by atoms with E-state index in [0.717, 1.165) is 37.7 Å². The zero-order valence-electron chi connectivity index (χ0n) is 21.6. The highest BCUT2D eigenvalue weighted by atomic mass is 16.5. The van der Waals surface area contributed by atoms with E-state index in [-0.39, 0.29) is 24.2 Å². The van der Waals surface area contributed by atoms with E-state index in [1.54, 1.807) is 17.6 Å². The van der Waals surface area contributed by atoms with E-state index in [4.69, 9.17) is 9.94 Å². The molecule has 0 atom stereocenters. The first kappa shape index (κ1) is 30.6. The Hall–Kier alpha value is -2.41. The molecule has 0 aliphatic heterocycles. The SMILES string of the molecule is CCCCCCCCCCCCOC(=O)Cc1ccc(NC(=O)CCCCCCC(=O)NO)cc1. The first-order valence-corrected chi connectivity index (χ1v) is 13.5. The number of carbonyl (C=O) groups excluding carboxylic acids is 3. The number of hydroxylamine groups is 1. The summed E-state index contributed by atoms with van der Waals surface area (Å²) in [7, 11) is 0. The average molecular weight is 491 g/mol. The first-order chi connectivity index (χ1) is 17.0. The molecule has 1 aromatic carbocycles. The van der Waals surface area contributed by atoms with Crippen molar-refractivity contribution in [2.45, 2.75) is 116 Å². The van der Waals surface area contributed by atoms with Gasteiger partial charge in [0, 0.05) is 18.5 Å². The Labute approximate surface area is 211 Å². The van der Waals surface area contributed by atoms with Crippen LogP contribution >= 0.6 is 0 Å². The van der Waals surface area contributed by atoms with Gasteiger partial charge in [-0.05, 0) is 37.0 Å². The quantitative estimate of drug-likeness (QED) is 0.0792. The second-order valence-electron chi connectivity index (χ2n) is 9.27. The smallest absolute Gasteiger partial charge is 0.310 e. The number of unbranched alkanes of at least 4 members (excludes halogenated alkanes) is 12. The fraction of sp³-hybridized carbons (Fsp3) is 0.679. The van der Waals surface area contributed by atoms with Gasteiger partial charge in [-0.1, -0.05) is 89.7 Å². The molecule has 35 heavy (non-hydrogen) atoms. The standard InChI is InChI=1S/C28H46N2O5/c1-2-3-4-5-6-7-8-9-12-15-22-35-28(33)23-24-18-20-25(21-19-24)29-26(31)16-13-10-11-14-17-27(32)30-34/h18-21,34H,2-17,22-23H2,1H3,(H,29,31)(H,30,32). The van der Waals surface area contributed by atoms with Crippen LogP contribution in [0.15, 0.2) is 24.3 Å². The second-order valence-corrected chi connectivity index (χ2v) is 9.27. The highest BCUT2D eigenvalue weighted by Gasteiger charge is 2.07. The number of esters is 1. The van der Waals surface area contributed by atoms with Crippen LogP contribution in [0.1, 0.15) is 115 Å². The van der Waals surface area contributed by atoms with Gasteiger partial charge in [0.25, 0.3) is 0 Å². The third-order valence-electron chi connectivity index (χ3n) is 6.03. The van der Waals surface area contributed by atoms with E-state index in [0.29, 0.717) is 31.6 Å². The summed E-state index contributed by atoms with van der Waals surface area (Å²) >= 11 is 0. The number of hydrogen-bond acceptors (Lipinski definition) is 5. The average Bonchev–Trinajstić information content (AvgIpc) is 2.85. The Balaban J connectivity index is 2.06. The lowest BCUT2D eigenvalue weighted by Crippen LogP contribution is -2.17. The summed E-state index contributed by atoms with van der Waals surface area (Å²) in [5, 5.41) is 11.3. The fourth-order valence-corrected chi connectivity index (χ4v) is 3.90. The van der Waals surface area contributed by atoms with E-state index in [9.17, 15) is 14.4 Å². The molecule has 0 fully saturated rings. The summed E-state index contributed by atoms with van der Waals surface area (Å²) in [4.78, 5) is 35.0. The van der Waals surface area contributed by atoms with Gasteiger partial charge in [-0.15, -0.1) is 0 Å². The Morgan fingerprint density at radius 1 is 0.714 bits per heavy atom. The minimum atomic E-state index is -0.381. The first-order valence-electron chi connectivity index (χ1n) is 13.5. The Morgan fingerprint density at radius 2 is 1.23 bits per heavy atom. The lowest BCUT2D eigenvalue weighted by atomic mass is 10.1. The van der Waals surface area contributed by atoms with E-state index >= 15 is 0 Å². The third kappa shape index (κ3) is 17.6. The van der Waals surface area contributed by atoms with Crippen LogP contribution in [0, 0.1) is 0 Å². The molecule has 198 valence electrons. The van der Waals surface area contributed by atoms with Gasteiger partial charge in [0.1, 0.15) is 0 Å². The number of anilines is 1. The molecular weight excluding hydrogens is 444 g/mol. The molecule has 0 aromatic heterocycles. The van der Waals surface area contributed by atoms with Crippen molar-refractivity contribution in [3.8, 4) is 0 Å². The molecule has 3 N–H and O–H groups in total. The monoisotopic (exact) mass is 490 g/mol. The summed E-state index contributed by atoms with van der Waals surface area (Å²) in [6.07, 6.45) is 16.6. The molecular formula is C28H46N2O5. The molecule has 0 saturated heterocycles. The molecule has 0 bridgehead atoms. The maximum Gasteiger partial charge on any atom is 0.310 e. The van der Waals surface area contributed by atoms with Crippen LogP contribution in [-0.2, 0) is 25.5 Å². The molecule has 0 aliphatic carbocycles. The van der Waals surface area contributed by atoms with Gasteiger partial charge in [0.15, 0.2) is 0 Å². The number of benzene rings is 1. The van der Waals surface area contributed by atoms with Crippen molar-refractivity contribution < 1.29 is 24.3 Å². The summed E-state index contributed by atoms with van der Waals surface area (Å²) in [6.45, 7) is 2.73. The third-order valence-corrected chi connectivity index (χ3v) is 6.03. The van der Waals surface area contributed by atoms with Gasteiger partial charge in [0.2, 0.25) is 11.8 Å². The van der Waals surface area contributed by atoms with Crippen LogP contribution in [0.3, 0.4) is 0 Å². The molecule has 1 aromatic rings. The molecule has 0 unspecified atom stereocenters. The van der Waals surface area contributed by atoms with Gasteiger partial charge in [0.05, 0.1) is 13.0 Å².